The highest BCUT2D eigenvalue weighted by Gasteiger charge is 2.43. The summed E-state index contributed by atoms with van der Waals surface area (Å²) >= 11 is 0. The van der Waals surface area contributed by atoms with E-state index in [2.05, 4.69) is 4.90 Å². The van der Waals surface area contributed by atoms with E-state index in [1.165, 1.54) is 38.6 Å². The van der Waals surface area contributed by atoms with Crippen LogP contribution in [0.5, 0.6) is 0 Å². The Hall–Kier alpha value is -0.0800. The zero-order valence-electron chi connectivity index (χ0n) is 8.24. The first-order chi connectivity index (χ1) is 6.45. The second-order valence-corrected chi connectivity index (χ2v) is 4.83. The van der Waals surface area contributed by atoms with Crippen molar-refractivity contribution < 1.29 is 4.74 Å². The summed E-state index contributed by atoms with van der Waals surface area (Å²) in [6, 6.07) is 1.72. The Labute approximate surface area is 80.2 Å². The zero-order valence-corrected chi connectivity index (χ0v) is 8.24. The largest absolute Gasteiger partial charge is 0.380 e. The molecule has 0 bridgehead atoms. The maximum atomic E-state index is 5.45. The van der Waals surface area contributed by atoms with Crippen molar-refractivity contribution in [1.29, 1.82) is 0 Å². The number of rotatable bonds is 1. The molecule has 0 spiro atoms. The maximum Gasteiger partial charge on any atom is 0.0622 e. The lowest BCUT2D eigenvalue weighted by molar-refractivity contribution is -0.0482. The van der Waals surface area contributed by atoms with E-state index in [9.17, 15) is 0 Å². The summed E-state index contributed by atoms with van der Waals surface area (Å²) in [5.41, 5.74) is 0. The molecule has 3 rings (SSSR count). The molecule has 2 heteroatoms. The van der Waals surface area contributed by atoms with Gasteiger partial charge in [-0.3, -0.25) is 4.90 Å². The van der Waals surface area contributed by atoms with Crippen LogP contribution in [-0.2, 0) is 4.74 Å². The second-order valence-electron chi connectivity index (χ2n) is 4.83. The standard InChI is InChI=1S/C11H19NO/c1-2-4-11-9(3-1)7-12(11)10-5-6-13-8-10/h9-11H,1-8H2/t9-,10?,11-/m1/s1. The van der Waals surface area contributed by atoms with E-state index in [1.54, 1.807) is 0 Å². The van der Waals surface area contributed by atoms with Gasteiger partial charge in [-0.2, -0.15) is 0 Å². The number of hydrogen-bond acceptors (Lipinski definition) is 2. The third kappa shape index (κ3) is 1.31. The van der Waals surface area contributed by atoms with Gasteiger partial charge in [-0.25, -0.2) is 0 Å². The Bertz CT molecular complexity index is 189. The predicted molar refractivity (Wildman–Crippen MR) is 51.7 cm³/mol. The molecule has 0 aromatic rings. The van der Waals surface area contributed by atoms with E-state index in [-0.39, 0.29) is 0 Å². The number of nitrogens with zero attached hydrogens (tertiary/aromatic N) is 1. The van der Waals surface area contributed by atoms with Crippen molar-refractivity contribution in [2.45, 2.75) is 44.2 Å². The van der Waals surface area contributed by atoms with Gasteiger partial charge in [0.25, 0.3) is 0 Å². The van der Waals surface area contributed by atoms with Crippen LogP contribution in [0, 0.1) is 5.92 Å². The Kier molecular flexibility index (Phi) is 2.06. The molecule has 0 aromatic heterocycles. The fourth-order valence-corrected chi connectivity index (χ4v) is 3.31. The summed E-state index contributed by atoms with van der Waals surface area (Å²) < 4.78 is 5.45. The Balaban J connectivity index is 1.61. The SMILES string of the molecule is C1CC[C@@H]2[C@H](C1)CN2C1CCOC1. The minimum Gasteiger partial charge on any atom is -0.380 e. The molecule has 2 nitrogen and oxygen atoms in total. The summed E-state index contributed by atoms with van der Waals surface area (Å²) in [6.07, 6.45) is 7.18. The van der Waals surface area contributed by atoms with Crippen LogP contribution in [0.2, 0.25) is 0 Å². The van der Waals surface area contributed by atoms with E-state index in [1.807, 2.05) is 0 Å². The summed E-state index contributed by atoms with van der Waals surface area (Å²) in [4.78, 5) is 2.72. The molecule has 2 saturated heterocycles. The molecule has 1 aliphatic carbocycles. The molecule has 1 saturated carbocycles. The van der Waals surface area contributed by atoms with Crippen LogP contribution < -0.4 is 0 Å². The quantitative estimate of drug-likeness (QED) is 0.610. The van der Waals surface area contributed by atoms with Crippen LogP contribution in [-0.4, -0.2) is 36.7 Å². The first-order valence-electron chi connectivity index (χ1n) is 5.78. The van der Waals surface area contributed by atoms with Gasteiger partial charge in [0.15, 0.2) is 0 Å². The Morgan fingerprint density at radius 1 is 1.08 bits per heavy atom. The Morgan fingerprint density at radius 2 is 2.00 bits per heavy atom. The fraction of sp³-hybridized carbons (Fsp3) is 1.00. The molecule has 74 valence electrons. The first-order valence-corrected chi connectivity index (χ1v) is 5.78. The van der Waals surface area contributed by atoms with Gasteiger partial charge in [0.1, 0.15) is 0 Å². The number of hydrogen-bond donors (Lipinski definition) is 0. The lowest BCUT2D eigenvalue weighted by Gasteiger charge is -2.53. The molecule has 2 aliphatic heterocycles. The molecular formula is C11H19NO. The van der Waals surface area contributed by atoms with Gasteiger partial charge in [-0.15, -0.1) is 0 Å². The minimum atomic E-state index is 0.777. The topological polar surface area (TPSA) is 12.5 Å². The highest BCUT2D eigenvalue weighted by molar-refractivity contribution is 4.97. The molecular weight excluding hydrogens is 162 g/mol. The van der Waals surface area contributed by atoms with Gasteiger partial charge in [0.05, 0.1) is 6.61 Å². The third-order valence-electron chi connectivity index (χ3n) is 4.11. The molecule has 0 radical (unpaired) electrons. The lowest BCUT2D eigenvalue weighted by Crippen LogP contribution is -2.61. The smallest absolute Gasteiger partial charge is 0.0622 e. The molecule has 0 aromatic carbocycles. The fourth-order valence-electron chi connectivity index (χ4n) is 3.31. The van der Waals surface area contributed by atoms with Crippen LogP contribution in [0.25, 0.3) is 0 Å². The maximum absolute atomic E-state index is 5.45. The molecule has 3 aliphatic rings. The van der Waals surface area contributed by atoms with Gasteiger partial charge in [-0.05, 0) is 25.2 Å². The van der Waals surface area contributed by atoms with E-state index in [4.69, 9.17) is 4.74 Å². The molecule has 3 atom stereocenters. The van der Waals surface area contributed by atoms with Crippen LogP contribution in [0.1, 0.15) is 32.1 Å². The summed E-state index contributed by atoms with van der Waals surface area (Å²) in [7, 11) is 0. The predicted octanol–water partition coefficient (Wildman–Crippen LogP) is 1.65. The van der Waals surface area contributed by atoms with E-state index in [0.717, 1.165) is 31.2 Å². The third-order valence-corrected chi connectivity index (χ3v) is 4.11. The Morgan fingerprint density at radius 3 is 2.77 bits per heavy atom. The van der Waals surface area contributed by atoms with Crippen molar-refractivity contribution in [3.8, 4) is 0 Å². The van der Waals surface area contributed by atoms with Crippen LogP contribution in [0.4, 0.5) is 0 Å². The van der Waals surface area contributed by atoms with Crippen molar-refractivity contribution in [2.24, 2.45) is 5.92 Å². The molecule has 1 unspecified atom stereocenters. The van der Waals surface area contributed by atoms with Crippen molar-refractivity contribution in [3.63, 3.8) is 0 Å². The van der Waals surface area contributed by atoms with Crippen LogP contribution in [0.15, 0.2) is 0 Å². The number of fused-ring (bicyclic) bond motifs is 1. The number of ether oxygens (including phenoxy) is 1. The zero-order chi connectivity index (χ0) is 8.67. The summed E-state index contributed by atoms with van der Waals surface area (Å²) in [5.74, 6) is 1.05. The average Bonchev–Trinajstić information content (AvgIpc) is 2.60. The highest BCUT2D eigenvalue weighted by atomic mass is 16.5. The van der Waals surface area contributed by atoms with Crippen molar-refractivity contribution >= 4 is 0 Å². The molecule has 0 N–H and O–H groups in total. The number of likely N-dealkylation sites (tertiary alicyclic amines) is 1. The molecule has 3 fully saturated rings. The second kappa shape index (κ2) is 3.25. The average molecular weight is 181 g/mol. The van der Waals surface area contributed by atoms with Gasteiger partial charge >= 0.3 is 0 Å². The summed E-state index contributed by atoms with van der Waals surface area (Å²) in [6.45, 7) is 3.38. The molecule has 0 amide bonds. The van der Waals surface area contributed by atoms with E-state index >= 15 is 0 Å². The van der Waals surface area contributed by atoms with Crippen molar-refractivity contribution in [3.05, 3.63) is 0 Å². The van der Waals surface area contributed by atoms with Gasteiger partial charge in [-0.1, -0.05) is 12.8 Å². The lowest BCUT2D eigenvalue weighted by atomic mass is 9.76. The first kappa shape index (κ1) is 8.25. The van der Waals surface area contributed by atoms with Crippen molar-refractivity contribution in [2.75, 3.05) is 19.8 Å². The van der Waals surface area contributed by atoms with Crippen molar-refractivity contribution in [1.82, 2.24) is 4.90 Å². The molecule has 2 heterocycles. The van der Waals surface area contributed by atoms with Crippen LogP contribution in [0.3, 0.4) is 0 Å². The normalized spacial score (nSPS) is 45.7. The minimum absolute atomic E-state index is 0.777. The highest BCUT2D eigenvalue weighted by Crippen LogP contribution is 2.39. The summed E-state index contributed by atoms with van der Waals surface area (Å²) in [5, 5.41) is 0. The molecule has 13 heavy (non-hydrogen) atoms. The van der Waals surface area contributed by atoms with Gasteiger partial charge < -0.3 is 4.74 Å². The monoisotopic (exact) mass is 181 g/mol. The van der Waals surface area contributed by atoms with Gasteiger partial charge in [0, 0.05) is 25.2 Å². The van der Waals surface area contributed by atoms with Crippen LogP contribution >= 0.6 is 0 Å². The van der Waals surface area contributed by atoms with E-state index in [0.29, 0.717) is 0 Å². The van der Waals surface area contributed by atoms with Gasteiger partial charge in [0.2, 0.25) is 0 Å². The van der Waals surface area contributed by atoms with E-state index < -0.39 is 0 Å².